The Morgan fingerprint density at radius 2 is 1.81 bits per heavy atom. The van der Waals surface area contributed by atoms with Crippen LogP contribution in [0, 0.1) is 0 Å². The molecule has 2 aromatic rings. The molecule has 0 saturated carbocycles. The summed E-state index contributed by atoms with van der Waals surface area (Å²) in [4.78, 5) is 24.1. The summed E-state index contributed by atoms with van der Waals surface area (Å²) in [6.07, 6.45) is -0.338. The van der Waals surface area contributed by atoms with Crippen LogP contribution >= 0.6 is 0 Å². The van der Waals surface area contributed by atoms with Gasteiger partial charge in [0.2, 0.25) is 15.9 Å². The van der Waals surface area contributed by atoms with E-state index in [-0.39, 0.29) is 24.4 Å². The Hall–Kier alpha value is -2.71. The molecule has 0 radical (unpaired) electrons. The van der Waals surface area contributed by atoms with Crippen molar-refractivity contribution in [1.29, 1.82) is 0 Å². The van der Waals surface area contributed by atoms with Gasteiger partial charge in [-0.25, -0.2) is 8.42 Å². The van der Waals surface area contributed by atoms with E-state index in [1.54, 1.807) is 18.2 Å². The Labute approximate surface area is 158 Å². The lowest BCUT2D eigenvalue weighted by Gasteiger charge is -2.33. The number of hydrogen-bond acceptors (Lipinski definition) is 5. The van der Waals surface area contributed by atoms with Crippen molar-refractivity contribution in [3.8, 4) is 11.1 Å². The molecule has 0 aliphatic carbocycles. The molecule has 1 N–H and O–H groups in total. The molecular weight excluding hydrogens is 368 g/mol. The number of piperazine rings is 1. The van der Waals surface area contributed by atoms with Gasteiger partial charge in [-0.3, -0.25) is 9.59 Å². The van der Waals surface area contributed by atoms with Crippen LogP contribution < -0.4 is 5.32 Å². The Bertz CT molecular complexity index is 944. The molecule has 1 heterocycles. The minimum atomic E-state index is -4.01. The number of ether oxygens (including phenoxy) is 1. The van der Waals surface area contributed by atoms with E-state index in [0.717, 1.165) is 9.87 Å². The molecular formula is C19H20N2O5S. The van der Waals surface area contributed by atoms with Crippen LogP contribution in [0.5, 0.6) is 0 Å². The number of carbonyl (C=O) groups is 2. The topological polar surface area (TPSA) is 92.8 Å². The summed E-state index contributed by atoms with van der Waals surface area (Å²) in [6, 6.07) is 14.6. The van der Waals surface area contributed by atoms with Crippen molar-refractivity contribution < 1.29 is 22.7 Å². The highest BCUT2D eigenvalue weighted by Crippen LogP contribution is 2.31. The Balaban J connectivity index is 2.05. The summed E-state index contributed by atoms with van der Waals surface area (Å²) >= 11 is 0. The molecule has 142 valence electrons. The van der Waals surface area contributed by atoms with Gasteiger partial charge in [0.1, 0.15) is 6.04 Å². The largest absolute Gasteiger partial charge is 0.469 e. The van der Waals surface area contributed by atoms with Gasteiger partial charge in [-0.15, -0.1) is 0 Å². The Morgan fingerprint density at radius 3 is 2.52 bits per heavy atom. The van der Waals surface area contributed by atoms with Crippen molar-refractivity contribution >= 4 is 21.9 Å². The first-order valence-electron chi connectivity index (χ1n) is 8.46. The highest BCUT2D eigenvalue weighted by atomic mass is 32.2. The van der Waals surface area contributed by atoms with E-state index in [1.807, 2.05) is 30.3 Å². The number of rotatable bonds is 5. The predicted molar refractivity (Wildman–Crippen MR) is 99.2 cm³/mol. The molecule has 0 spiro atoms. The van der Waals surface area contributed by atoms with Gasteiger partial charge in [0.15, 0.2) is 0 Å². The van der Waals surface area contributed by atoms with E-state index < -0.39 is 27.9 Å². The van der Waals surface area contributed by atoms with Gasteiger partial charge in [-0.2, -0.15) is 4.31 Å². The molecule has 3 rings (SSSR count). The maximum absolute atomic E-state index is 13.4. The SMILES string of the molecule is COC(=O)C[C@@H]1C(=O)NCCN1S(=O)(=O)c1ccccc1-c1ccccc1. The van der Waals surface area contributed by atoms with Crippen LogP contribution in [0.4, 0.5) is 0 Å². The summed E-state index contributed by atoms with van der Waals surface area (Å²) in [5, 5.41) is 2.61. The van der Waals surface area contributed by atoms with Gasteiger partial charge in [0, 0.05) is 18.7 Å². The first-order valence-corrected chi connectivity index (χ1v) is 9.90. The molecule has 1 saturated heterocycles. The summed E-state index contributed by atoms with van der Waals surface area (Å²) < 4.78 is 32.5. The normalized spacial score (nSPS) is 18.0. The van der Waals surface area contributed by atoms with Crippen LogP contribution in [-0.2, 0) is 24.3 Å². The average molecular weight is 388 g/mol. The van der Waals surface area contributed by atoms with Crippen molar-refractivity contribution in [2.45, 2.75) is 17.4 Å². The van der Waals surface area contributed by atoms with Gasteiger partial charge in [-0.1, -0.05) is 48.5 Å². The number of esters is 1. The molecule has 0 aromatic heterocycles. The second-order valence-corrected chi connectivity index (χ2v) is 7.92. The lowest BCUT2D eigenvalue weighted by molar-refractivity contribution is -0.144. The fraction of sp³-hybridized carbons (Fsp3) is 0.263. The quantitative estimate of drug-likeness (QED) is 0.782. The lowest BCUT2D eigenvalue weighted by Crippen LogP contribution is -2.57. The number of hydrogen-bond donors (Lipinski definition) is 1. The molecule has 27 heavy (non-hydrogen) atoms. The Kier molecular flexibility index (Phi) is 5.57. The van der Waals surface area contributed by atoms with Crippen molar-refractivity contribution in [3.05, 3.63) is 54.6 Å². The molecule has 1 atom stereocenters. The molecule has 2 aromatic carbocycles. The van der Waals surface area contributed by atoms with E-state index in [2.05, 4.69) is 10.1 Å². The summed E-state index contributed by atoms with van der Waals surface area (Å²) in [5.74, 6) is -1.15. The monoisotopic (exact) mass is 388 g/mol. The van der Waals surface area contributed by atoms with E-state index >= 15 is 0 Å². The van der Waals surface area contributed by atoms with Gasteiger partial charge < -0.3 is 10.1 Å². The zero-order valence-electron chi connectivity index (χ0n) is 14.8. The Morgan fingerprint density at radius 1 is 1.15 bits per heavy atom. The predicted octanol–water partition coefficient (Wildman–Crippen LogP) is 1.41. The minimum absolute atomic E-state index is 0.0822. The van der Waals surface area contributed by atoms with E-state index in [0.29, 0.717) is 5.56 Å². The van der Waals surface area contributed by atoms with E-state index in [1.165, 1.54) is 13.2 Å². The summed E-state index contributed by atoms with van der Waals surface area (Å²) in [5.41, 5.74) is 1.29. The van der Waals surface area contributed by atoms with Crippen molar-refractivity contribution in [3.63, 3.8) is 0 Å². The fourth-order valence-corrected chi connectivity index (χ4v) is 4.90. The maximum atomic E-state index is 13.4. The van der Waals surface area contributed by atoms with Crippen LogP contribution in [0.3, 0.4) is 0 Å². The molecule has 0 bridgehead atoms. The van der Waals surface area contributed by atoms with Gasteiger partial charge in [0.25, 0.3) is 0 Å². The molecule has 1 fully saturated rings. The third kappa shape index (κ3) is 3.86. The van der Waals surface area contributed by atoms with Crippen LogP contribution in [0.1, 0.15) is 6.42 Å². The second-order valence-electron chi connectivity index (χ2n) is 6.07. The number of nitrogens with zero attached hydrogens (tertiary/aromatic N) is 1. The number of carbonyl (C=O) groups excluding carboxylic acids is 2. The third-order valence-corrected chi connectivity index (χ3v) is 6.39. The minimum Gasteiger partial charge on any atom is -0.469 e. The molecule has 7 nitrogen and oxygen atoms in total. The first-order chi connectivity index (χ1) is 12.9. The molecule has 8 heteroatoms. The van der Waals surface area contributed by atoms with Crippen LogP contribution in [-0.4, -0.2) is 50.8 Å². The molecule has 1 aliphatic rings. The van der Waals surface area contributed by atoms with Crippen LogP contribution in [0.15, 0.2) is 59.5 Å². The second kappa shape index (κ2) is 7.89. The zero-order chi connectivity index (χ0) is 19.4. The number of nitrogens with one attached hydrogen (secondary N) is 1. The van der Waals surface area contributed by atoms with Gasteiger partial charge >= 0.3 is 5.97 Å². The number of amides is 1. The van der Waals surface area contributed by atoms with E-state index in [9.17, 15) is 18.0 Å². The fourth-order valence-electron chi connectivity index (χ4n) is 3.09. The first kappa shape index (κ1) is 19.1. The lowest BCUT2D eigenvalue weighted by atomic mass is 10.1. The standard InChI is InChI=1S/C19H20N2O5S/c1-26-18(22)13-16-19(23)20-11-12-21(16)27(24,25)17-10-6-5-9-15(17)14-7-3-2-4-8-14/h2-10,16H,11-13H2,1H3,(H,20,23)/t16-/m1/s1. The molecule has 0 unspecified atom stereocenters. The van der Waals surface area contributed by atoms with Crippen molar-refractivity contribution in [2.75, 3.05) is 20.2 Å². The highest BCUT2D eigenvalue weighted by Gasteiger charge is 2.40. The van der Waals surface area contributed by atoms with E-state index in [4.69, 9.17) is 0 Å². The van der Waals surface area contributed by atoms with Gasteiger partial charge in [-0.05, 0) is 11.6 Å². The molecule has 1 aliphatic heterocycles. The number of benzene rings is 2. The number of methoxy groups -OCH3 is 1. The third-order valence-electron chi connectivity index (χ3n) is 4.43. The van der Waals surface area contributed by atoms with Crippen LogP contribution in [0.2, 0.25) is 0 Å². The van der Waals surface area contributed by atoms with Crippen molar-refractivity contribution in [2.24, 2.45) is 0 Å². The zero-order valence-corrected chi connectivity index (χ0v) is 15.6. The highest BCUT2D eigenvalue weighted by molar-refractivity contribution is 7.89. The smallest absolute Gasteiger partial charge is 0.307 e. The number of sulfonamides is 1. The molecule has 1 amide bonds. The average Bonchev–Trinajstić information content (AvgIpc) is 2.70. The summed E-state index contributed by atoms with van der Waals surface area (Å²) in [6.45, 7) is 0.266. The summed E-state index contributed by atoms with van der Waals surface area (Å²) in [7, 11) is -2.81. The van der Waals surface area contributed by atoms with Crippen LogP contribution in [0.25, 0.3) is 11.1 Å². The van der Waals surface area contributed by atoms with Crippen molar-refractivity contribution in [1.82, 2.24) is 9.62 Å². The van der Waals surface area contributed by atoms with Gasteiger partial charge in [0.05, 0.1) is 18.4 Å². The maximum Gasteiger partial charge on any atom is 0.307 e.